The van der Waals surface area contributed by atoms with Gasteiger partial charge in [-0.1, -0.05) is 30.3 Å². The lowest BCUT2D eigenvalue weighted by atomic mass is 9.92. The molecule has 0 bridgehead atoms. The largest absolute Gasteiger partial charge is 0.360 e. The zero-order valence-corrected chi connectivity index (χ0v) is 12.7. The fourth-order valence-electron chi connectivity index (χ4n) is 1.94. The molecule has 1 unspecified atom stereocenters. The number of halogens is 1. The van der Waals surface area contributed by atoms with Gasteiger partial charge in [0, 0.05) is 17.2 Å². The highest BCUT2D eigenvalue weighted by Crippen LogP contribution is 2.25. The van der Waals surface area contributed by atoms with Crippen LogP contribution < -0.4 is 11.1 Å². The summed E-state index contributed by atoms with van der Waals surface area (Å²) in [4.78, 5) is 4.38. The number of benzene rings is 1. The highest BCUT2D eigenvalue weighted by Gasteiger charge is 2.24. The number of nitrogens with two attached hydrogens (primary N) is 1. The Balaban J connectivity index is 2.30. The maximum atomic E-state index is 5.96. The summed E-state index contributed by atoms with van der Waals surface area (Å²) in [5.41, 5.74) is 7.93. The van der Waals surface area contributed by atoms with Gasteiger partial charge in [0.2, 0.25) is 0 Å². The van der Waals surface area contributed by atoms with Crippen molar-refractivity contribution in [1.82, 2.24) is 4.98 Å². The van der Waals surface area contributed by atoms with Gasteiger partial charge in [-0.15, -0.1) is 0 Å². The molecule has 4 heteroatoms. The molecule has 0 saturated carbocycles. The summed E-state index contributed by atoms with van der Waals surface area (Å²) < 4.78 is 1.01. The van der Waals surface area contributed by atoms with E-state index in [4.69, 9.17) is 5.73 Å². The van der Waals surface area contributed by atoms with Crippen LogP contribution in [-0.2, 0) is 5.54 Å². The normalized spacial score (nSPS) is 13.9. The van der Waals surface area contributed by atoms with Crippen LogP contribution in [0.5, 0.6) is 0 Å². The molecule has 1 aromatic heterocycles. The molecule has 3 nitrogen and oxygen atoms in total. The number of aryl methyl sites for hydroxylation is 1. The third-order valence-electron chi connectivity index (χ3n) is 3.27. The fraction of sp³-hybridized carbons (Fsp3) is 0.267. The van der Waals surface area contributed by atoms with Crippen LogP contribution in [0.2, 0.25) is 0 Å². The molecule has 1 aromatic carbocycles. The van der Waals surface area contributed by atoms with E-state index in [9.17, 15) is 0 Å². The molecule has 0 aliphatic carbocycles. The number of aromatic nitrogens is 1. The van der Waals surface area contributed by atoms with Gasteiger partial charge in [0.15, 0.2) is 0 Å². The minimum absolute atomic E-state index is 0.325. The Morgan fingerprint density at radius 1 is 1.32 bits per heavy atom. The number of rotatable bonds is 4. The molecule has 0 aliphatic rings. The minimum Gasteiger partial charge on any atom is -0.360 e. The second-order valence-electron chi connectivity index (χ2n) is 4.85. The van der Waals surface area contributed by atoms with E-state index < -0.39 is 0 Å². The lowest BCUT2D eigenvalue weighted by Crippen LogP contribution is -2.40. The molecule has 2 rings (SSSR count). The molecular weight excluding hydrogens is 302 g/mol. The first-order valence-corrected chi connectivity index (χ1v) is 7.00. The molecule has 0 aliphatic heterocycles. The first-order valence-electron chi connectivity index (χ1n) is 6.21. The molecule has 0 fully saturated rings. The predicted molar refractivity (Wildman–Crippen MR) is 83.1 cm³/mol. The van der Waals surface area contributed by atoms with Crippen molar-refractivity contribution in [2.75, 3.05) is 11.9 Å². The van der Waals surface area contributed by atoms with Crippen molar-refractivity contribution >= 4 is 21.7 Å². The quantitative estimate of drug-likeness (QED) is 0.907. The third kappa shape index (κ3) is 3.14. The number of pyridine rings is 1. The molecule has 0 spiro atoms. The lowest BCUT2D eigenvalue weighted by molar-refractivity contribution is 0.554. The van der Waals surface area contributed by atoms with Gasteiger partial charge in [0.25, 0.3) is 0 Å². The van der Waals surface area contributed by atoms with Crippen LogP contribution >= 0.6 is 15.9 Å². The van der Waals surface area contributed by atoms with Crippen LogP contribution in [-0.4, -0.2) is 11.5 Å². The van der Waals surface area contributed by atoms with Crippen LogP contribution in [0.4, 0.5) is 5.82 Å². The fourth-order valence-corrected chi connectivity index (χ4v) is 2.15. The van der Waals surface area contributed by atoms with E-state index in [-0.39, 0.29) is 5.54 Å². The van der Waals surface area contributed by atoms with Crippen molar-refractivity contribution in [3.8, 4) is 0 Å². The predicted octanol–water partition coefficient (Wildman–Crippen LogP) is 3.44. The molecule has 0 amide bonds. The number of hydrogen-bond acceptors (Lipinski definition) is 3. The maximum absolute atomic E-state index is 5.96. The van der Waals surface area contributed by atoms with Crippen LogP contribution in [0, 0.1) is 6.92 Å². The Labute approximate surface area is 122 Å². The average Bonchev–Trinajstić information content (AvgIpc) is 2.44. The zero-order valence-electron chi connectivity index (χ0n) is 11.2. The van der Waals surface area contributed by atoms with E-state index >= 15 is 0 Å². The van der Waals surface area contributed by atoms with E-state index in [1.54, 1.807) is 6.20 Å². The Kier molecular flexibility index (Phi) is 4.22. The number of hydrogen-bond donors (Lipinski definition) is 2. The summed E-state index contributed by atoms with van der Waals surface area (Å²) in [6, 6.07) is 12.2. The smallest absolute Gasteiger partial charge is 0.126 e. The van der Waals surface area contributed by atoms with Crippen LogP contribution in [0.3, 0.4) is 0 Å². The Hall–Kier alpha value is -1.39. The second kappa shape index (κ2) is 5.72. The summed E-state index contributed by atoms with van der Waals surface area (Å²) >= 11 is 3.46. The average molecular weight is 320 g/mol. The highest BCUT2D eigenvalue weighted by atomic mass is 79.9. The molecule has 3 N–H and O–H groups in total. The number of nitrogens with zero attached hydrogens (tertiary/aromatic N) is 1. The Morgan fingerprint density at radius 3 is 2.58 bits per heavy atom. The lowest BCUT2D eigenvalue weighted by Gasteiger charge is -2.30. The zero-order chi connectivity index (χ0) is 13.9. The Morgan fingerprint density at radius 2 is 2.00 bits per heavy atom. The number of anilines is 1. The minimum atomic E-state index is -0.325. The van der Waals surface area contributed by atoms with Crippen molar-refractivity contribution in [2.24, 2.45) is 5.73 Å². The van der Waals surface area contributed by atoms with Gasteiger partial charge in [-0.2, -0.15) is 0 Å². The summed E-state index contributed by atoms with van der Waals surface area (Å²) in [5, 5.41) is 3.43. The summed E-state index contributed by atoms with van der Waals surface area (Å²) in [7, 11) is 0. The molecule has 1 heterocycles. The monoisotopic (exact) mass is 319 g/mol. The first-order chi connectivity index (χ1) is 9.05. The molecule has 2 aromatic rings. The van der Waals surface area contributed by atoms with Crippen molar-refractivity contribution in [3.05, 3.63) is 58.2 Å². The molecule has 100 valence electrons. The molecule has 0 radical (unpaired) electrons. The molecule has 0 saturated heterocycles. The standard InChI is InChI=1S/C15H18BrN3/c1-11-8-14(18-9-13(11)16)19-15(2,10-17)12-6-4-3-5-7-12/h3-9H,10,17H2,1-2H3,(H,18,19). The van der Waals surface area contributed by atoms with Crippen molar-refractivity contribution in [1.29, 1.82) is 0 Å². The van der Waals surface area contributed by atoms with Crippen LogP contribution in [0.1, 0.15) is 18.1 Å². The van der Waals surface area contributed by atoms with Crippen LogP contribution in [0.15, 0.2) is 47.1 Å². The topological polar surface area (TPSA) is 50.9 Å². The summed E-state index contributed by atoms with van der Waals surface area (Å²) in [6.07, 6.45) is 1.81. The van der Waals surface area contributed by atoms with E-state index in [0.717, 1.165) is 21.4 Å². The van der Waals surface area contributed by atoms with Gasteiger partial charge in [-0.3, -0.25) is 0 Å². The van der Waals surface area contributed by atoms with Crippen molar-refractivity contribution < 1.29 is 0 Å². The molecule has 19 heavy (non-hydrogen) atoms. The number of nitrogens with one attached hydrogen (secondary N) is 1. The van der Waals surface area contributed by atoms with Gasteiger partial charge in [-0.25, -0.2) is 4.98 Å². The van der Waals surface area contributed by atoms with E-state index in [0.29, 0.717) is 6.54 Å². The first kappa shape index (κ1) is 14.0. The molecule has 1 atom stereocenters. The second-order valence-corrected chi connectivity index (χ2v) is 5.70. The summed E-state index contributed by atoms with van der Waals surface area (Å²) in [6.45, 7) is 4.62. The van der Waals surface area contributed by atoms with Crippen molar-refractivity contribution in [2.45, 2.75) is 19.4 Å². The molecular formula is C15H18BrN3. The van der Waals surface area contributed by atoms with Gasteiger partial charge in [0.05, 0.1) is 5.54 Å². The van der Waals surface area contributed by atoms with Gasteiger partial charge in [-0.05, 0) is 47.0 Å². The maximum Gasteiger partial charge on any atom is 0.126 e. The Bertz CT molecular complexity index is 557. The highest BCUT2D eigenvalue weighted by molar-refractivity contribution is 9.10. The third-order valence-corrected chi connectivity index (χ3v) is 4.10. The van der Waals surface area contributed by atoms with Crippen molar-refractivity contribution in [3.63, 3.8) is 0 Å². The summed E-state index contributed by atoms with van der Waals surface area (Å²) in [5.74, 6) is 0.831. The van der Waals surface area contributed by atoms with E-state index in [1.165, 1.54) is 0 Å². The van der Waals surface area contributed by atoms with Gasteiger partial charge < -0.3 is 11.1 Å². The van der Waals surface area contributed by atoms with Gasteiger partial charge in [0.1, 0.15) is 5.82 Å². The SMILES string of the molecule is Cc1cc(NC(C)(CN)c2ccccc2)ncc1Br. The van der Waals surface area contributed by atoms with Crippen LogP contribution in [0.25, 0.3) is 0 Å². The van der Waals surface area contributed by atoms with Gasteiger partial charge >= 0.3 is 0 Å². The van der Waals surface area contributed by atoms with E-state index in [1.807, 2.05) is 31.2 Å². The van der Waals surface area contributed by atoms with E-state index in [2.05, 4.69) is 45.3 Å².